The van der Waals surface area contributed by atoms with Gasteiger partial charge in [0.05, 0.1) is 0 Å². The van der Waals surface area contributed by atoms with Gasteiger partial charge in [-0.05, 0) is 23.3 Å². The van der Waals surface area contributed by atoms with Gasteiger partial charge in [-0.2, -0.15) is 0 Å². The van der Waals surface area contributed by atoms with E-state index in [-0.39, 0.29) is 0 Å². The third-order valence-corrected chi connectivity index (χ3v) is 3.97. The number of carboxylic acid groups (broad SMARTS) is 1. The summed E-state index contributed by atoms with van der Waals surface area (Å²) in [6.07, 6.45) is 1.35. The van der Waals surface area contributed by atoms with Crippen LogP contribution in [0.5, 0.6) is 0 Å². The fourth-order valence-electron chi connectivity index (χ4n) is 2.16. The Kier molecular flexibility index (Phi) is 4.16. The molecular formula is C14H15NO3S. The number of carboxylic acids is 1. The molecule has 0 spiro atoms. The molecule has 0 aliphatic carbocycles. The molecular weight excluding hydrogens is 262 g/mol. The van der Waals surface area contributed by atoms with Crippen LogP contribution in [0.4, 0.5) is 0 Å². The number of rotatable bonds is 6. The SMILES string of the molecule is CCCN(C=O)C(C(=O)O)c1csc2ccccc12. The normalized spacial score (nSPS) is 12.3. The first kappa shape index (κ1) is 13.5. The van der Waals surface area contributed by atoms with Gasteiger partial charge < -0.3 is 10.0 Å². The van der Waals surface area contributed by atoms with Gasteiger partial charge >= 0.3 is 5.97 Å². The molecule has 1 N–H and O–H groups in total. The lowest BCUT2D eigenvalue weighted by atomic mass is 10.0. The van der Waals surface area contributed by atoms with Gasteiger partial charge in [-0.15, -0.1) is 11.3 Å². The summed E-state index contributed by atoms with van der Waals surface area (Å²) >= 11 is 1.50. The average molecular weight is 277 g/mol. The third kappa shape index (κ3) is 2.61. The van der Waals surface area contributed by atoms with Crippen molar-refractivity contribution < 1.29 is 14.7 Å². The number of thiophene rings is 1. The van der Waals surface area contributed by atoms with Crippen LogP contribution >= 0.6 is 11.3 Å². The summed E-state index contributed by atoms with van der Waals surface area (Å²) in [5.41, 5.74) is 0.689. The van der Waals surface area contributed by atoms with Gasteiger partial charge in [-0.1, -0.05) is 25.1 Å². The molecule has 0 radical (unpaired) electrons. The van der Waals surface area contributed by atoms with Crippen molar-refractivity contribution in [3.63, 3.8) is 0 Å². The Labute approximate surface area is 115 Å². The zero-order valence-corrected chi connectivity index (χ0v) is 11.4. The largest absolute Gasteiger partial charge is 0.479 e. The Hall–Kier alpha value is -1.88. The maximum Gasteiger partial charge on any atom is 0.331 e. The molecule has 2 aromatic rings. The zero-order chi connectivity index (χ0) is 13.8. The van der Waals surface area contributed by atoms with Crippen molar-refractivity contribution >= 4 is 33.8 Å². The van der Waals surface area contributed by atoms with E-state index < -0.39 is 12.0 Å². The molecule has 5 heteroatoms. The fraction of sp³-hybridized carbons (Fsp3) is 0.286. The molecule has 0 aliphatic heterocycles. The first-order chi connectivity index (χ1) is 9.19. The highest BCUT2D eigenvalue weighted by Gasteiger charge is 2.28. The number of benzene rings is 1. The van der Waals surface area contributed by atoms with Crippen LogP contribution in [0, 0.1) is 0 Å². The van der Waals surface area contributed by atoms with E-state index in [1.807, 2.05) is 36.6 Å². The van der Waals surface area contributed by atoms with Crippen LogP contribution in [0.1, 0.15) is 24.9 Å². The molecule has 0 saturated carbocycles. The Morgan fingerprint density at radius 1 is 1.47 bits per heavy atom. The summed E-state index contributed by atoms with van der Waals surface area (Å²) in [5.74, 6) is -0.996. The molecule has 1 heterocycles. The van der Waals surface area contributed by atoms with E-state index in [2.05, 4.69) is 0 Å². The molecule has 1 amide bonds. The molecule has 4 nitrogen and oxygen atoms in total. The van der Waals surface area contributed by atoms with Crippen molar-refractivity contribution in [3.8, 4) is 0 Å². The van der Waals surface area contributed by atoms with Gasteiger partial charge in [-0.25, -0.2) is 4.79 Å². The zero-order valence-electron chi connectivity index (χ0n) is 10.6. The molecule has 0 aliphatic rings. The van der Waals surface area contributed by atoms with Crippen molar-refractivity contribution in [2.24, 2.45) is 0 Å². The van der Waals surface area contributed by atoms with E-state index in [1.54, 1.807) is 0 Å². The molecule has 19 heavy (non-hydrogen) atoms. The molecule has 1 unspecified atom stereocenters. The van der Waals surface area contributed by atoms with E-state index >= 15 is 0 Å². The lowest BCUT2D eigenvalue weighted by Crippen LogP contribution is -2.33. The summed E-state index contributed by atoms with van der Waals surface area (Å²) in [4.78, 5) is 24.0. The summed E-state index contributed by atoms with van der Waals surface area (Å²) in [6.45, 7) is 2.35. The summed E-state index contributed by atoms with van der Waals surface area (Å²) < 4.78 is 1.03. The highest BCUT2D eigenvalue weighted by Crippen LogP contribution is 2.33. The Morgan fingerprint density at radius 2 is 2.21 bits per heavy atom. The van der Waals surface area contributed by atoms with Gasteiger partial charge in [0.1, 0.15) is 0 Å². The van der Waals surface area contributed by atoms with Crippen LogP contribution in [0.2, 0.25) is 0 Å². The first-order valence-corrected chi connectivity index (χ1v) is 6.97. The van der Waals surface area contributed by atoms with E-state index in [1.165, 1.54) is 16.2 Å². The van der Waals surface area contributed by atoms with E-state index in [4.69, 9.17) is 0 Å². The van der Waals surface area contributed by atoms with Crippen molar-refractivity contribution in [2.75, 3.05) is 6.54 Å². The topological polar surface area (TPSA) is 57.6 Å². The summed E-state index contributed by atoms with van der Waals surface area (Å²) in [6, 6.07) is 6.73. The number of nitrogens with zero attached hydrogens (tertiary/aromatic N) is 1. The lowest BCUT2D eigenvalue weighted by molar-refractivity contribution is -0.146. The number of hydrogen-bond donors (Lipinski definition) is 1. The van der Waals surface area contributed by atoms with Crippen LogP contribution in [-0.4, -0.2) is 28.9 Å². The standard InChI is InChI=1S/C14H15NO3S/c1-2-7-15(9-16)13(14(17)18)11-8-19-12-6-4-3-5-10(11)12/h3-6,8-9,13H,2,7H2,1H3,(H,17,18). The summed E-state index contributed by atoms with van der Waals surface area (Å²) in [7, 11) is 0. The molecule has 0 bridgehead atoms. The molecule has 0 saturated heterocycles. The number of amides is 1. The highest BCUT2D eigenvalue weighted by atomic mass is 32.1. The number of carbonyl (C=O) groups is 2. The second-order valence-electron chi connectivity index (χ2n) is 4.27. The molecule has 0 fully saturated rings. The van der Waals surface area contributed by atoms with Crippen molar-refractivity contribution in [3.05, 3.63) is 35.2 Å². The van der Waals surface area contributed by atoms with Crippen LogP contribution in [0.3, 0.4) is 0 Å². The van der Waals surface area contributed by atoms with Crippen LogP contribution in [0.25, 0.3) is 10.1 Å². The maximum absolute atomic E-state index is 11.5. The van der Waals surface area contributed by atoms with Crippen molar-refractivity contribution in [2.45, 2.75) is 19.4 Å². The Bertz CT molecular complexity index is 593. The van der Waals surface area contributed by atoms with Gasteiger partial charge in [0.15, 0.2) is 6.04 Å². The van der Waals surface area contributed by atoms with E-state index in [0.717, 1.165) is 16.5 Å². The first-order valence-electron chi connectivity index (χ1n) is 6.09. The van der Waals surface area contributed by atoms with Gasteiger partial charge in [0.25, 0.3) is 0 Å². The van der Waals surface area contributed by atoms with E-state index in [0.29, 0.717) is 18.5 Å². The minimum Gasteiger partial charge on any atom is -0.479 e. The average Bonchev–Trinajstić information content (AvgIpc) is 2.82. The van der Waals surface area contributed by atoms with Crippen molar-refractivity contribution in [1.29, 1.82) is 0 Å². The van der Waals surface area contributed by atoms with Crippen molar-refractivity contribution in [1.82, 2.24) is 4.90 Å². The van der Waals surface area contributed by atoms with Gasteiger partial charge in [-0.3, -0.25) is 4.79 Å². The molecule has 100 valence electrons. The molecule has 1 aromatic carbocycles. The smallest absolute Gasteiger partial charge is 0.331 e. The minimum absolute atomic E-state index is 0.435. The Balaban J connectivity index is 2.49. The summed E-state index contributed by atoms with van der Waals surface area (Å²) in [5, 5.41) is 12.2. The fourth-order valence-corrected chi connectivity index (χ4v) is 3.14. The van der Waals surface area contributed by atoms with Gasteiger partial charge in [0.2, 0.25) is 6.41 Å². The predicted octanol–water partition coefficient (Wildman–Crippen LogP) is 2.90. The van der Waals surface area contributed by atoms with Gasteiger partial charge in [0, 0.05) is 16.8 Å². The van der Waals surface area contributed by atoms with Crippen LogP contribution < -0.4 is 0 Å². The monoisotopic (exact) mass is 277 g/mol. The minimum atomic E-state index is -0.996. The molecule has 1 atom stereocenters. The Morgan fingerprint density at radius 3 is 2.84 bits per heavy atom. The molecule has 1 aromatic heterocycles. The van der Waals surface area contributed by atoms with Crippen LogP contribution in [-0.2, 0) is 9.59 Å². The van der Waals surface area contributed by atoms with E-state index in [9.17, 15) is 14.7 Å². The lowest BCUT2D eigenvalue weighted by Gasteiger charge is -2.24. The van der Waals surface area contributed by atoms with Crippen LogP contribution in [0.15, 0.2) is 29.6 Å². The third-order valence-electron chi connectivity index (χ3n) is 2.99. The number of fused-ring (bicyclic) bond motifs is 1. The number of carbonyl (C=O) groups excluding carboxylic acids is 1. The number of aliphatic carboxylic acids is 1. The maximum atomic E-state index is 11.5. The highest BCUT2D eigenvalue weighted by molar-refractivity contribution is 7.17. The predicted molar refractivity (Wildman–Crippen MR) is 75.3 cm³/mol. The molecule has 2 rings (SSSR count). The second-order valence-corrected chi connectivity index (χ2v) is 5.18. The quantitative estimate of drug-likeness (QED) is 0.826. The number of hydrogen-bond acceptors (Lipinski definition) is 3. The second kappa shape index (κ2) is 5.84.